The Bertz CT molecular complexity index is 868. The number of nitrogens with zero attached hydrogens (tertiary/aromatic N) is 1. The maximum Gasteiger partial charge on any atom is 0.341 e. The van der Waals surface area contributed by atoms with Crippen molar-refractivity contribution in [1.82, 2.24) is 15.8 Å². The summed E-state index contributed by atoms with van der Waals surface area (Å²) in [7, 11) is 0. The molecule has 3 rings (SSSR count). The molecule has 1 aliphatic rings. The van der Waals surface area contributed by atoms with Gasteiger partial charge in [-0.15, -0.1) is 11.3 Å². The largest absolute Gasteiger partial charge is 0.462 e. The third-order valence-corrected chi connectivity index (χ3v) is 5.73. The second-order valence-corrected chi connectivity index (χ2v) is 7.75. The Hall–Kier alpha value is -2.52. The number of carbonyl (C=O) groups is 2. The molecule has 0 atom stereocenters. The van der Waals surface area contributed by atoms with Crippen molar-refractivity contribution in [2.45, 2.75) is 39.0 Å². The number of aromatic nitrogens is 1. The Balaban J connectivity index is 1.71. The van der Waals surface area contributed by atoms with Crippen molar-refractivity contribution >= 4 is 45.5 Å². The van der Waals surface area contributed by atoms with Gasteiger partial charge in [-0.05, 0) is 62.5 Å². The van der Waals surface area contributed by atoms with Crippen LogP contribution in [-0.4, -0.2) is 28.6 Å². The van der Waals surface area contributed by atoms with Gasteiger partial charge in [0.2, 0.25) is 0 Å². The molecule has 0 bridgehead atoms. The van der Waals surface area contributed by atoms with E-state index in [1.165, 1.54) is 22.4 Å². The van der Waals surface area contributed by atoms with E-state index in [9.17, 15) is 9.59 Å². The molecular formula is C19H22N4O3S2. The van der Waals surface area contributed by atoms with E-state index in [1.54, 1.807) is 25.1 Å². The fraction of sp³-hybridized carbons (Fsp3) is 0.368. The van der Waals surface area contributed by atoms with Crippen molar-refractivity contribution in [3.8, 4) is 0 Å². The summed E-state index contributed by atoms with van der Waals surface area (Å²) in [5.74, 6) is -0.748. The van der Waals surface area contributed by atoms with Crippen LogP contribution in [-0.2, 0) is 17.6 Å². The van der Waals surface area contributed by atoms with E-state index >= 15 is 0 Å². The summed E-state index contributed by atoms with van der Waals surface area (Å²) in [6.07, 6.45) is 6.67. The van der Waals surface area contributed by atoms with Crippen molar-refractivity contribution in [3.05, 3.63) is 46.1 Å². The fourth-order valence-electron chi connectivity index (χ4n) is 3.06. The van der Waals surface area contributed by atoms with Crippen molar-refractivity contribution in [1.29, 1.82) is 0 Å². The van der Waals surface area contributed by atoms with Gasteiger partial charge in [0, 0.05) is 11.1 Å². The third kappa shape index (κ3) is 4.85. The van der Waals surface area contributed by atoms with Gasteiger partial charge in [0.1, 0.15) is 10.7 Å². The van der Waals surface area contributed by atoms with Crippen LogP contribution in [0.2, 0.25) is 0 Å². The number of thiocarbonyl (C=S) groups is 1. The SMILES string of the molecule is CCOC(=O)c1c(NC(=S)NNC(=O)c2ccccn2)sc2c1CCCCC2. The first-order chi connectivity index (χ1) is 13.6. The summed E-state index contributed by atoms with van der Waals surface area (Å²) >= 11 is 6.80. The number of hydrogen-bond donors (Lipinski definition) is 3. The van der Waals surface area contributed by atoms with Crippen molar-refractivity contribution in [2.24, 2.45) is 0 Å². The van der Waals surface area contributed by atoms with Crippen LogP contribution in [0.25, 0.3) is 0 Å². The van der Waals surface area contributed by atoms with Crippen molar-refractivity contribution < 1.29 is 14.3 Å². The number of anilines is 1. The lowest BCUT2D eigenvalue weighted by molar-refractivity contribution is 0.0526. The topological polar surface area (TPSA) is 92.4 Å². The number of ether oxygens (including phenoxy) is 1. The minimum atomic E-state index is -0.405. The van der Waals surface area contributed by atoms with E-state index in [0.29, 0.717) is 17.2 Å². The van der Waals surface area contributed by atoms with E-state index < -0.39 is 5.91 Å². The third-order valence-electron chi connectivity index (χ3n) is 4.32. The molecule has 2 aromatic heterocycles. The molecule has 0 aliphatic heterocycles. The Morgan fingerprint density at radius 1 is 1.21 bits per heavy atom. The molecule has 0 unspecified atom stereocenters. The highest BCUT2D eigenvalue weighted by atomic mass is 32.1. The summed E-state index contributed by atoms with van der Waals surface area (Å²) < 4.78 is 5.26. The second kappa shape index (κ2) is 9.61. The molecule has 0 spiro atoms. The van der Waals surface area contributed by atoms with Crippen molar-refractivity contribution in [3.63, 3.8) is 0 Å². The lowest BCUT2D eigenvalue weighted by atomic mass is 10.1. The van der Waals surface area contributed by atoms with Crippen molar-refractivity contribution in [2.75, 3.05) is 11.9 Å². The van der Waals surface area contributed by atoms with E-state index in [-0.39, 0.29) is 16.8 Å². The molecule has 1 aliphatic carbocycles. The maximum absolute atomic E-state index is 12.5. The van der Waals surface area contributed by atoms with Crippen LogP contribution in [0, 0.1) is 0 Å². The highest BCUT2D eigenvalue weighted by Gasteiger charge is 2.26. The zero-order chi connectivity index (χ0) is 19.9. The van der Waals surface area contributed by atoms with Crippen LogP contribution >= 0.6 is 23.6 Å². The first-order valence-electron chi connectivity index (χ1n) is 9.20. The van der Waals surface area contributed by atoms with Gasteiger partial charge in [-0.1, -0.05) is 12.5 Å². The number of esters is 1. The quantitative estimate of drug-likeness (QED) is 0.304. The molecule has 1 amide bonds. The van der Waals surface area contributed by atoms with E-state index in [2.05, 4.69) is 21.2 Å². The molecule has 2 aromatic rings. The number of pyridine rings is 1. The molecule has 148 valence electrons. The normalized spacial score (nSPS) is 13.0. The fourth-order valence-corrected chi connectivity index (χ4v) is 4.56. The maximum atomic E-state index is 12.5. The van der Waals surface area contributed by atoms with Crippen LogP contribution in [0.3, 0.4) is 0 Å². The van der Waals surface area contributed by atoms with Gasteiger partial charge < -0.3 is 10.1 Å². The second-order valence-electron chi connectivity index (χ2n) is 6.24. The van der Waals surface area contributed by atoms with Crippen LogP contribution in [0.5, 0.6) is 0 Å². The van der Waals surface area contributed by atoms with Gasteiger partial charge in [0.15, 0.2) is 5.11 Å². The number of carbonyl (C=O) groups excluding carboxylic acids is 2. The predicted molar refractivity (Wildman–Crippen MR) is 113 cm³/mol. The number of rotatable bonds is 4. The van der Waals surface area contributed by atoms with E-state index in [4.69, 9.17) is 17.0 Å². The van der Waals surface area contributed by atoms with Crippen LogP contribution < -0.4 is 16.2 Å². The molecule has 7 nitrogen and oxygen atoms in total. The smallest absolute Gasteiger partial charge is 0.341 e. The Morgan fingerprint density at radius 3 is 2.79 bits per heavy atom. The minimum absolute atomic E-state index is 0.186. The minimum Gasteiger partial charge on any atom is -0.462 e. The molecule has 3 N–H and O–H groups in total. The molecule has 2 heterocycles. The Kier molecular flexibility index (Phi) is 6.94. The van der Waals surface area contributed by atoms with Gasteiger partial charge >= 0.3 is 5.97 Å². The molecule has 0 saturated heterocycles. The molecular weight excluding hydrogens is 396 g/mol. The number of hydrazine groups is 1. The summed E-state index contributed by atoms with van der Waals surface area (Å²) in [6, 6.07) is 5.06. The zero-order valence-corrected chi connectivity index (χ0v) is 17.2. The van der Waals surface area contributed by atoms with Gasteiger partial charge in [-0.2, -0.15) is 0 Å². The number of hydrogen-bond acceptors (Lipinski definition) is 6. The van der Waals surface area contributed by atoms with Crippen LogP contribution in [0.1, 0.15) is 57.5 Å². The Morgan fingerprint density at radius 2 is 2.04 bits per heavy atom. The number of aryl methyl sites for hydroxylation is 1. The lowest BCUT2D eigenvalue weighted by Gasteiger charge is -2.12. The Labute approximate surface area is 172 Å². The van der Waals surface area contributed by atoms with Crippen LogP contribution in [0.15, 0.2) is 24.4 Å². The van der Waals surface area contributed by atoms with E-state index in [1.807, 2.05) is 0 Å². The predicted octanol–water partition coefficient (Wildman–Crippen LogP) is 3.22. The highest BCUT2D eigenvalue weighted by Crippen LogP contribution is 2.37. The number of thiophene rings is 1. The lowest BCUT2D eigenvalue weighted by Crippen LogP contribution is -2.44. The van der Waals surface area contributed by atoms with Gasteiger partial charge in [-0.25, -0.2) is 4.79 Å². The standard InChI is InChI=1S/C19H22N4O3S2/c1-2-26-18(25)15-12-8-4-3-5-10-14(12)28-17(15)21-19(27)23-22-16(24)13-9-6-7-11-20-13/h6-7,9,11H,2-5,8,10H2,1H3,(H,22,24)(H2,21,23,27). The molecule has 0 radical (unpaired) electrons. The molecule has 0 aromatic carbocycles. The highest BCUT2D eigenvalue weighted by molar-refractivity contribution is 7.80. The van der Waals surface area contributed by atoms with Gasteiger partial charge in [0.25, 0.3) is 5.91 Å². The summed E-state index contributed by atoms with van der Waals surface area (Å²) in [5.41, 5.74) is 7.04. The zero-order valence-electron chi connectivity index (χ0n) is 15.5. The first kappa shape index (κ1) is 20.2. The summed E-state index contributed by atoms with van der Waals surface area (Å²) in [5, 5.41) is 3.87. The first-order valence-corrected chi connectivity index (χ1v) is 10.4. The monoisotopic (exact) mass is 418 g/mol. The van der Waals surface area contributed by atoms with Crippen LogP contribution in [0.4, 0.5) is 5.00 Å². The number of amides is 1. The average molecular weight is 419 g/mol. The summed E-state index contributed by atoms with van der Waals surface area (Å²) in [4.78, 5) is 29.8. The van der Waals surface area contributed by atoms with E-state index in [0.717, 1.165) is 37.7 Å². The molecule has 9 heteroatoms. The van der Waals surface area contributed by atoms with Gasteiger partial charge in [0.05, 0.1) is 12.2 Å². The number of nitrogens with one attached hydrogen (secondary N) is 3. The molecule has 0 saturated carbocycles. The average Bonchev–Trinajstić information content (AvgIpc) is 2.87. The molecule has 0 fully saturated rings. The number of fused-ring (bicyclic) bond motifs is 1. The molecule has 28 heavy (non-hydrogen) atoms. The van der Waals surface area contributed by atoms with Gasteiger partial charge in [-0.3, -0.25) is 20.6 Å². The summed E-state index contributed by atoms with van der Waals surface area (Å²) in [6.45, 7) is 2.10.